The molecule has 0 radical (unpaired) electrons. The molecule has 0 aliphatic carbocycles. The van der Waals surface area contributed by atoms with Crippen LogP contribution in [0.5, 0.6) is 0 Å². The van der Waals surface area contributed by atoms with Gasteiger partial charge in [0, 0.05) is 13.1 Å². The highest BCUT2D eigenvalue weighted by molar-refractivity contribution is 5.67. The van der Waals surface area contributed by atoms with Crippen LogP contribution < -0.4 is 0 Å². The second kappa shape index (κ2) is 6.05. The molecule has 0 aliphatic heterocycles. The lowest BCUT2D eigenvalue weighted by Gasteiger charge is -2.29. The molecule has 0 amide bonds. The van der Waals surface area contributed by atoms with Crippen molar-refractivity contribution in [3.05, 3.63) is 0 Å². The largest absolute Gasteiger partial charge is 0.481 e. The minimum absolute atomic E-state index is 0.171. The third-order valence-corrected chi connectivity index (χ3v) is 2.18. The molecule has 0 rings (SSSR count). The van der Waals surface area contributed by atoms with E-state index in [0.29, 0.717) is 6.54 Å². The standard InChI is InChI=1S/C9H17F3N2O2/c1-13(2)4-5-14(3)7(6-8(15)16)9(10,11)12/h7H,4-6H2,1-3H3,(H,15,16). The lowest BCUT2D eigenvalue weighted by atomic mass is 10.1. The lowest BCUT2D eigenvalue weighted by molar-refractivity contribution is -0.187. The molecule has 0 heterocycles. The Morgan fingerprint density at radius 1 is 1.25 bits per heavy atom. The van der Waals surface area contributed by atoms with Gasteiger partial charge in [-0.05, 0) is 21.1 Å². The fourth-order valence-corrected chi connectivity index (χ4v) is 1.20. The zero-order chi connectivity index (χ0) is 12.9. The molecule has 16 heavy (non-hydrogen) atoms. The minimum Gasteiger partial charge on any atom is -0.481 e. The summed E-state index contributed by atoms with van der Waals surface area (Å²) in [5.74, 6) is -1.45. The molecular formula is C9H17F3N2O2. The predicted molar refractivity (Wildman–Crippen MR) is 53.3 cm³/mol. The first-order chi connectivity index (χ1) is 7.14. The number of likely N-dealkylation sites (N-methyl/N-ethyl adjacent to an activating group) is 2. The molecule has 7 heteroatoms. The van der Waals surface area contributed by atoms with Crippen molar-refractivity contribution >= 4 is 5.97 Å². The number of carbonyl (C=O) groups is 1. The van der Waals surface area contributed by atoms with Crippen molar-refractivity contribution in [2.75, 3.05) is 34.2 Å². The van der Waals surface area contributed by atoms with E-state index in [1.54, 1.807) is 19.0 Å². The van der Waals surface area contributed by atoms with Crippen molar-refractivity contribution in [3.8, 4) is 0 Å². The molecule has 0 spiro atoms. The summed E-state index contributed by atoms with van der Waals surface area (Å²) in [5, 5.41) is 8.44. The molecule has 0 saturated carbocycles. The number of hydrogen-bond acceptors (Lipinski definition) is 3. The summed E-state index contributed by atoms with van der Waals surface area (Å²) in [6, 6.07) is -1.93. The number of hydrogen-bond donors (Lipinski definition) is 1. The van der Waals surface area contributed by atoms with E-state index in [9.17, 15) is 18.0 Å². The predicted octanol–water partition coefficient (Wildman–Crippen LogP) is 0.885. The van der Waals surface area contributed by atoms with Gasteiger partial charge in [-0.2, -0.15) is 13.2 Å². The van der Waals surface area contributed by atoms with Crippen LogP contribution in [-0.2, 0) is 4.79 Å². The van der Waals surface area contributed by atoms with Gasteiger partial charge in [0.25, 0.3) is 0 Å². The maximum atomic E-state index is 12.5. The first-order valence-corrected chi connectivity index (χ1v) is 4.78. The molecule has 1 N–H and O–H groups in total. The van der Waals surface area contributed by atoms with Crippen LogP contribution >= 0.6 is 0 Å². The Balaban J connectivity index is 4.44. The molecule has 0 aromatic heterocycles. The van der Waals surface area contributed by atoms with Crippen molar-refractivity contribution in [1.82, 2.24) is 9.80 Å². The summed E-state index contributed by atoms with van der Waals surface area (Å²) in [6.45, 7) is 0.618. The van der Waals surface area contributed by atoms with E-state index >= 15 is 0 Å². The molecule has 0 fully saturated rings. The zero-order valence-corrected chi connectivity index (χ0v) is 9.58. The van der Waals surface area contributed by atoms with Crippen LogP contribution in [0.4, 0.5) is 13.2 Å². The van der Waals surface area contributed by atoms with Gasteiger partial charge in [0.15, 0.2) is 0 Å². The maximum Gasteiger partial charge on any atom is 0.404 e. The summed E-state index contributed by atoms with van der Waals surface area (Å²) < 4.78 is 37.6. The summed E-state index contributed by atoms with van der Waals surface area (Å²) in [4.78, 5) is 13.1. The van der Waals surface area contributed by atoms with Crippen molar-refractivity contribution in [2.24, 2.45) is 0 Å². The van der Waals surface area contributed by atoms with Gasteiger partial charge in [0.1, 0.15) is 6.04 Å². The normalized spacial score (nSPS) is 14.5. The Kier molecular flexibility index (Phi) is 5.74. The Morgan fingerprint density at radius 3 is 2.06 bits per heavy atom. The lowest BCUT2D eigenvalue weighted by Crippen LogP contribution is -2.47. The van der Waals surface area contributed by atoms with E-state index in [-0.39, 0.29) is 6.54 Å². The highest BCUT2D eigenvalue weighted by atomic mass is 19.4. The van der Waals surface area contributed by atoms with Crippen LogP contribution in [-0.4, -0.2) is 67.3 Å². The summed E-state index contributed by atoms with van der Waals surface area (Å²) in [6.07, 6.45) is -5.44. The third kappa shape index (κ3) is 5.92. The van der Waals surface area contributed by atoms with Crippen LogP contribution in [0.2, 0.25) is 0 Å². The van der Waals surface area contributed by atoms with Crippen molar-refractivity contribution in [1.29, 1.82) is 0 Å². The van der Waals surface area contributed by atoms with Gasteiger partial charge >= 0.3 is 12.1 Å². The molecule has 4 nitrogen and oxygen atoms in total. The molecule has 1 unspecified atom stereocenters. The molecule has 96 valence electrons. The van der Waals surface area contributed by atoms with Gasteiger partial charge in [-0.1, -0.05) is 0 Å². The summed E-state index contributed by atoms with van der Waals surface area (Å²) in [5.41, 5.74) is 0. The molecule has 0 aliphatic rings. The Hall–Kier alpha value is -0.820. The molecular weight excluding hydrogens is 225 g/mol. The monoisotopic (exact) mass is 242 g/mol. The first-order valence-electron chi connectivity index (χ1n) is 4.78. The van der Waals surface area contributed by atoms with Crippen LogP contribution in [0.3, 0.4) is 0 Å². The van der Waals surface area contributed by atoms with E-state index in [0.717, 1.165) is 4.90 Å². The smallest absolute Gasteiger partial charge is 0.404 e. The fraction of sp³-hybridized carbons (Fsp3) is 0.889. The van der Waals surface area contributed by atoms with E-state index in [1.165, 1.54) is 7.05 Å². The van der Waals surface area contributed by atoms with Gasteiger partial charge in [0.05, 0.1) is 6.42 Å². The number of carboxylic acids is 1. The second-order valence-corrected chi connectivity index (χ2v) is 3.94. The van der Waals surface area contributed by atoms with Gasteiger partial charge in [-0.3, -0.25) is 9.69 Å². The SMILES string of the molecule is CN(C)CCN(C)C(CC(=O)O)C(F)(F)F. The van der Waals surface area contributed by atoms with Crippen LogP contribution in [0.25, 0.3) is 0 Å². The van der Waals surface area contributed by atoms with E-state index in [4.69, 9.17) is 5.11 Å². The van der Waals surface area contributed by atoms with Gasteiger partial charge in [0.2, 0.25) is 0 Å². The minimum atomic E-state index is -4.51. The highest BCUT2D eigenvalue weighted by Crippen LogP contribution is 2.26. The zero-order valence-electron chi connectivity index (χ0n) is 9.58. The quantitative estimate of drug-likeness (QED) is 0.751. The average molecular weight is 242 g/mol. The van der Waals surface area contributed by atoms with E-state index < -0.39 is 24.6 Å². The molecule has 0 aromatic carbocycles. The number of aliphatic carboxylic acids is 1. The Bertz CT molecular complexity index is 231. The van der Waals surface area contributed by atoms with Crippen molar-refractivity contribution in [2.45, 2.75) is 18.6 Å². The molecule has 0 saturated heterocycles. The summed E-state index contributed by atoms with van der Waals surface area (Å²) >= 11 is 0. The fourth-order valence-electron chi connectivity index (χ4n) is 1.20. The molecule has 1 atom stereocenters. The van der Waals surface area contributed by atoms with Gasteiger partial charge in [-0.15, -0.1) is 0 Å². The van der Waals surface area contributed by atoms with Gasteiger partial charge in [-0.25, -0.2) is 0 Å². The topological polar surface area (TPSA) is 43.8 Å². The number of rotatable bonds is 6. The second-order valence-electron chi connectivity index (χ2n) is 3.94. The maximum absolute atomic E-state index is 12.5. The molecule has 0 bridgehead atoms. The number of carboxylic acid groups (broad SMARTS) is 1. The van der Waals surface area contributed by atoms with Crippen LogP contribution in [0.15, 0.2) is 0 Å². The van der Waals surface area contributed by atoms with Crippen molar-refractivity contribution in [3.63, 3.8) is 0 Å². The number of alkyl halides is 3. The Morgan fingerprint density at radius 2 is 1.75 bits per heavy atom. The van der Waals surface area contributed by atoms with Crippen LogP contribution in [0, 0.1) is 0 Å². The van der Waals surface area contributed by atoms with E-state index in [1.807, 2.05) is 0 Å². The number of nitrogens with zero attached hydrogens (tertiary/aromatic N) is 2. The Labute approximate surface area is 92.6 Å². The van der Waals surface area contributed by atoms with E-state index in [2.05, 4.69) is 0 Å². The van der Waals surface area contributed by atoms with Crippen LogP contribution in [0.1, 0.15) is 6.42 Å². The van der Waals surface area contributed by atoms with Gasteiger partial charge < -0.3 is 10.0 Å². The first kappa shape index (κ1) is 15.2. The number of halogens is 3. The van der Waals surface area contributed by atoms with Crippen molar-refractivity contribution < 1.29 is 23.1 Å². The summed E-state index contributed by atoms with van der Waals surface area (Å²) in [7, 11) is 4.77. The highest BCUT2D eigenvalue weighted by Gasteiger charge is 2.43. The molecule has 0 aromatic rings. The third-order valence-electron chi connectivity index (χ3n) is 2.18. The average Bonchev–Trinajstić information content (AvgIpc) is 2.08.